The van der Waals surface area contributed by atoms with Gasteiger partial charge in [-0.2, -0.15) is 4.98 Å². The summed E-state index contributed by atoms with van der Waals surface area (Å²) in [7, 11) is 0. The molecule has 3 N–H and O–H groups in total. The average molecular weight is 478 g/mol. The molecule has 5 rings (SSSR count). The fourth-order valence-corrected chi connectivity index (χ4v) is 4.19. The zero-order valence-corrected chi connectivity index (χ0v) is 19.1. The fourth-order valence-electron chi connectivity index (χ4n) is 4.19. The van der Waals surface area contributed by atoms with Crippen LogP contribution < -0.4 is 25.6 Å². The summed E-state index contributed by atoms with van der Waals surface area (Å²) in [5, 5.41) is 9.02. The molecule has 4 heterocycles. The van der Waals surface area contributed by atoms with E-state index in [0.29, 0.717) is 36.4 Å². The highest BCUT2D eigenvalue weighted by molar-refractivity contribution is 6.08. The topological polar surface area (TPSA) is 135 Å². The molecule has 11 heteroatoms. The lowest BCUT2D eigenvalue weighted by Gasteiger charge is -2.30. The molecule has 2 aliphatic rings. The van der Waals surface area contributed by atoms with Gasteiger partial charge in [0.05, 0.1) is 11.3 Å². The summed E-state index contributed by atoms with van der Waals surface area (Å²) in [6.45, 7) is 2.95. The second-order valence-corrected chi connectivity index (χ2v) is 8.51. The van der Waals surface area contributed by atoms with E-state index in [1.165, 1.54) is 6.26 Å². The van der Waals surface area contributed by atoms with Gasteiger partial charge in [0.1, 0.15) is 12.4 Å². The Bertz CT molecular complexity index is 1160. The molecular formula is C24H27N7O4. The van der Waals surface area contributed by atoms with Crippen molar-refractivity contribution < 1.29 is 18.7 Å². The summed E-state index contributed by atoms with van der Waals surface area (Å²) in [4.78, 5) is 40.1. The van der Waals surface area contributed by atoms with Gasteiger partial charge in [-0.15, -0.1) is 0 Å². The Hall–Kier alpha value is -3.99. The fraction of sp³-hybridized carbons (Fsp3) is 0.375. The van der Waals surface area contributed by atoms with E-state index < -0.39 is 5.91 Å². The van der Waals surface area contributed by atoms with Crippen molar-refractivity contribution in [3.63, 3.8) is 0 Å². The van der Waals surface area contributed by atoms with Gasteiger partial charge in [0.25, 0.3) is 17.8 Å². The van der Waals surface area contributed by atoms with Crippen molar-refractivity contribution in [2.45, 2.75) is 31.4 Å². The zero-order valence-electron chi connectivity index (χ0n) is 19.1. The summed E-state index contributed by atoms with van der Waals surface area (Å²) in [6, 6.07) is 9.50. The maximum Gasteiger partial charge on any atom is 0.316 e. The molecule has 2 saturated heterocycles. The molecule has 182 valence electrons. The number of amides is 2. The first-order valence-electron chi connectivity index (χ1n) is 11.7. The van der Waals surface area contributed by atoms with E-state index >= 15 is 0 Å². The summed E-state index contributed by atoms with van der Waals surface area (Å²) < 4.78 is 11.4. The van der Waals surface area contributed by atoms with Crippen LogP contribution in [0, 0.1) is 0 Å². The van der Waals surface area contributed by atoms with Gasteiger partial charge >= 0.3 is 6.01 Å². The monoisotopic (exact) mass is 477 g/mol. The number of nitrogens with one attached hydrogen (secondary N) is 3. The molecule has 35 heavy (non-hydrogen) atoms. The third-order valence-electron chi connectivity index (χ3n) is 6.07. The molecule has 0 radical (unpaired) electrons. The van der Waals surface area contributed by atoms with Crippen LogP contribution in [0.25, 0.3) is 0 Å². The van der Waals surface area contributed by atoms with E-state index in [-0.39, 0.29) is 23.7 Å². The standard InChI is InChI=1S/C24H27N7O4/c32-21(28-16-6-11-25-14-16)18-4-1-2-5-19(18)29-22(33)20-15-34-24(30-20)31-12-7-17(8-13-31)35-23-26-9-3-10-27-23/h1-5,9-10,15-17,25H,6-8,11-14H2,(H,28,32)(H,29,33)/t16-/m0/s1. The van der Waals surface area contributed by atoms with Crippen molar-refractivity contribution in [1.29, 1.82) is 0 Å². The second-order valence-electron chi connectivity index (χ2n) is 8.51. The number of oxazole rings is 1. The summed E-state index contributed by atoms with van der Waals surface area (Å²) in [5.41, 5.74) is 0.971. The molecule has 0 saturated carbocycles. The van der Waals surface area contributed by atoms with Crippen LogP contribution in [0.1, 0.15) is 40.1 Å². The van der Waals surface area contributed by atoms with Crippen molar-refractivity contribution in [1.82, 2.24) is 25.6 Å². The molecule has 1 atom stereocenters. The predicted octanol–water partition coefficient (Wildman–Crippen LogP) is 1.86. The molecular weight excluding hydrogens is 450 g/mol. The second kappa shape index (κ2) is 10.5. The number of rotatable bonds is 7. The van der Waals surface area contributed by atoms with Gasteiger partial charge in [-0.25, -0.2) is 9.97 Å². The first kappa shape index (κ1) is 22.8. The third kappa shape index (κ3) is 5.57. The van der Waals surface area contributed by atoms with E-state index in [1.807, 2.05) is 4.90 Å². The molecule has 1 aromatic carbocycles. The highest BCUT2D eigenvalue weighted by atomic mass is 16.5. The molecule has 2 fully saturated rings. The number of hydrogen-bond acceptors (Lipinski definition) is 9. The van der Waals surface area contributed by atoms with Crippen LogP contribution in [0.2, 0.25) is 0 Å². The lowest BCUT2D eigenvalue weighted by atomic mass is 10.1. The molecule has 0 bridgehead atoms. The Kier molecular flexibility index (Phi) is 6.85. The maximum absolute atomic E-state index is 12.9. The number of para-hydroxylation sites is 1. The van der Waals surface area contributed by atoms with E-state index in [1.54, 1.807) is 42.7 Å². The number of benzene rings is 1. The Balaban J connectivity index is 1.18. The minimum absolute atomic E-state index is 0.00837. The number of ether oxygens (including phenoxy) is 1. The van der Waals surface area contributed by atoms with Crippen LogP contribution >= 0.6 is 0 Å². The highest BCUT2D eigenvalue weighted by Gasteiger charge is 2.26. The molecule has 2 aromatic heterocycles. The summed E-state index contributed by atoms with van der Waals surface area (Å²) in [6.07, 6.45) is 7.02. The Morgan fingerprint density at radius 3 is 2.63 bits per heavy atom. The van der Waals surface area contributed by atoms with Gasteiger partial charge in [-0.1, -0.05) is 12.1 Å². The van der Waals surface area contributed by atoms with Crippen LogP contribution in [0.5, 0.6) is 6.01 Å². The van der Waals surface area contributed by atoms with Crippen LogP contribution in [0.15, 0.2) is 53.4 Å². The minimum atomic E-state index is -0.442. The van der Waals surface area contributed by atoms with Crippen molar-refractivity contribution in [2.75, 3.05) is 36.4 Å². The molecule has 2 aliphatic heterocycles. The van der Waals surface area contributed by atoms with Gasteiger partial charge in [0, 0.05) is 50.9 Å². The van der Waals surface area contributed by atoms with Gasteiger partial charge in [0.2, 0.25) is 0 Å². The van der Waals surface area contributed by atoms with Crippen LogP contribution in [-0.2, 0) is 0 Å². The Morgan fingerprint density at radius 1 is 1.06 bits per heavy atom. The number of piperidine rings is 1. The SMILES string of the molecule is O=C(Nc1ccccc1C(=O)N[C@H]1CCNC1)c1coc(N2CCC(Oc3ncccn3)CC2)n1. The average Bonchev–Trinajstić information content (AvgIpc) is 3.58. The summed E-state index contributed by atoms with van der Waals surface area (Å²) in [5.74, 6) is -0.663. The lowest BCUT2D eigenvalue weighted by molar-refractivity contribution is 0.0941. The number of nitrogens with zero attached hydrogens (tertiary/aromatic N) is 4. The van der Waals surface area contributed by atoms with Gasteiger partial charge < -0.3 is 30.0 Å². The van der Waals surface area contributed by atoms with E-state index in [9.17, 15) is 9.59 Å². The predicted molar refractivity (Wildman–Crippen MR) is 128 cm³/mol. The van der Waals surface area contributed by atoms with Gasteiger partial charge in [-0.3, -0.25) is 9.59 Å². The van der Waals surface area contributed by atoms with Crippen LogP contribution in [0.4, 0.5) is 11.7 Å². The molecule has 0 spiro atoms. The smallest absolute Gasteiger partial charge is 0.316 e. The normalized spacial score (nSPS) is 18.3. The third-order valence-corrected chi connectivity index (χ3v) is 6.07. The number of carbonyl (C=O) groups excluding carboxylic acids is 2. The zero-order chi connectivity index (χ0) is 24.0. The molecule has 2 amide bonds. The van der Waals surface area contributed by atoms with Crippen LogP contribution in [0.3, 0.4) is 0 Å². The molecule has 11 nitrogen and oxygen atoms in total. The first-order chi connectivity index (χ1) is 17.2. The first-order valence-corrected chi connectivity index (χ1v) is 11.7. The van der Waals surface area contributed by atoms with Crippen LogP contribution in [-0.4, -0.2) is 65.1 Å². The Labute approximate surface area is 202 Å². The number of hydrogen-bond donors (Lipinski definition) is 3. The minimum Gasteiger partial charge on any atom is -0.460 e. The largest absolute Gasteiger partial charge is 0.460 e. The quantitative estimate of drug-likeness (QED) is 0.466. The molecule has 0 aliphatic carbocycles. The van der Waals surface area contributed by atoms with E-state index in [0.717, 1.165) is 32.4 Å². The molecule has 3 aromatic rings. The molecule has 0 unspecified atom stereocenters. The van der Waals surface area contributed by atoms with Crippen molar-refractivity contribution in [3.05, 3.63) is 60.2 Å². The Morgan fingerprint density at radius 2 is 1.86 bits per heavy atom. The van der Waals surface area contributed by atoms with Gasteiger partial charge in [0.15, 0.2) is 5.69 Å². The summed E-state index contributed by atoms with van der Waals surface area (Å²) >= 11 is 0. The van der Waals surface area contributed by atoms with E-state index in [4.69, 9.17) is 9.15 Å². The lowest BCUT2D eigenvalue weighted by Crippen LogP contribution is -2.38. The van der Waals surface area contributed by atoms with E-state index in [2.05, 4.69) is 30.9 Å². The number of aromatic nitrogens is 3. The van der Waals surface area contributed by atoms with Gasteiger partial charge in [-0.05, 0) is 31.2 Å². The van der Waals surface area contributed by atoms with Crippen molar-refractivity contribution >= 4 is 23.5 Å². The number of anilines is 2. The van der Waals surface area contributed by atoms with Crippen molar-refractivity contribution in [3.8, 4) is 6.01 Å². The maximum atomic E-state index is 12.9. The number of carbonyl (C=O) groups is 2. The van der Waals surface area contributed by atoms with Crippen molar-refractivity contribution in [2.24, 2.45) is 0 Å². The highest BCUT2D eigenvalue weighted by Crippen LogP contribution is 2.23.